The number of rotatable bonds is 8. The lowest BCUT2D eigenvalue weighted by Gasteiger charge is -2.47. The molecule has 0 aromatic rings. The lowest BCUT2D eigenvalue weighted by Crippen LogP contribution is -2.59. The maximum absolute atomic E-state index is 14.2. The van der Waals surface area contributed by atoms with Crippen molar-refractivity contribution in [2.45, 2.75) is 111 Å². The fraction of sp³-hybridized carbons (Fsp3) is 0.941. The van der Waals surface area contributed by atoms with Crippen LogP contribution < -0.4 is 0 Å². The van der Waals surface area contributed by atoms with Gasteiger partial charge < -0.3 is 33.9 Å². The van der Waals surface area contributed by atoms with Gasteiger partial charge in [0.1, 0.15) is 18.1 Å². The Labute approximate surface area is 272 Å². The third-order valence-electron chi connectivity index (χ3n) is 10.6. The molecular weight excluding hydrogens is 576 g/mol. The van der Waals surface area contributed by atoms with Crippen molar-refractivity contribution >= 4 is 11.8 Å². The number of carbonyl (C=O) groups excluding carboxylic acids is 2. The summed E-state index contributed by atoms with van der Waals surface area (Å²) in [6.07, 6.45) is -1.55. The molecule has 1 N–H and O–H groups in total. The van der Waals surface area contributed by atoms with E-state index in [1.165, 1.54) is 0 Å². The topological polar surface area (TPSA) is 104 Å². The lowest BCUT2D eigenvalue weighted by atomic mass is 9.74. The Morgan fingerprint density at radius 2 is 1.62 bits per heavy atom. The Bertz CT molecular complexity index is 959. The number of ketones is 1. The van der Waals surface area contributed by atoms with Crippen LogP contribution in [0.3, 0.4) is 0 Å². The van der Waals surface area contributed by atoms with Crippen LogP contribution in [0.4, 0.5) is 0 Å². The van der Waals surface area contributed by atoms with Gasteiger partial charge in [0.25, 0.3) is 0 Å². The van der Waals surface area contributed by atoms with Gasteiger partial charge in [-0.3, -0.25) is 19.4 Å². The van der Waals surface area contributed by atoms with Gasteiger partial charge in [-0.25, -0.2) is 0 Å². The molecule has 1 unspecified atom stereocenters. The van der Waals surface area contributed by atoms with Gasteiger partial charge in [-0.2, -0.15) is 0 Å². The molecule has 3 aliphatic rings. The summed E-state index contributed by atoms with van der Waals surface area (Å²) in [6, 6.07) is -0.173. The summed E-state index contributed by atoms with van der Waals surface area (Å²) in [6.45, 7) is 23.3. The molecule has 0 aliphatic carbocycles. The first-order chi connectivity index (χ1) is 21.1. The average Bonchev–Trinajstić information content (AvgIpc) is 3.00. The maximum Gasteiger partial charge on any atom is 0.319 e. The average molecular weight is 641 g/mol. The summed E-state index contributed by atoms with van der Waals surface area (Å²) in [5.41, 5.74) is -2.32. The van der Waals surface area contributed by atoms with E-state index in [4.69, 9.17) is 18.9 Å². The first kappa shape index (κ1) is 38.3. The number of aliphatic hydroxyl groups is 1. The van der Waals surface area contributed by atoms with E-state index >= 15 is 0 Å². The first-order valence-corrected chi connectivity index (χ1v) is 17.2. The SMILES string of the molecule is CCN1CCN(CC2COC(=O)C(C)(C)C(=O)[C@H](C)[C@@H](O[C@@H]3O[C@H](C)C[C@H](N(C)C)[C@H]3O)[C@](C)(OC)C[C@@H](C)CN2CC)CC1. The molecule has 9 atom stereocenters. The van der Waals surface area contributed by atoms with Gasteiger partial charge in [0.05, 0.1) is 23.9 Å². The van der Waals surface area contributed by atoms with E-state index in [0.717, 1.165) is 52.4 Å². The molecule has 262 valence electrons. The maximum atomic E-state index is 14.2. The first-order valence-electron chi connectivity index (χ1n) is 17.2. The van der Waals surface area contributed by atoms with E-state index in [9.17, 15) is 14.7 Å². The lowest BCUT2D eigenvalue weighted by molar-refractivity contribution is -0.295. The second-order valence-electron chi connectivity index (χ2n) is 14.8. The molecule has 3 aliphatic heterocycles. The van der Waals surface area contributed by atoms with Crippen LogP contribution in [0.1, 0.15) is 68.2 Å². The molecule has 45 heavy (non-hydrogen) atoms. The number of cyclic esters (lactones) is 1. The highest BCUT2D eigenvalue weighted by molar-refractivity contribution is 6.04. The fourth-order valence-electron chi connectivity index (χ4n) is 7.62. The standard InChI is InChI=1S/C34H64N4O7/c1-12-36-14-16-37(17-15-36)21-26-22-43-32(41)33(6,7)29(40)25(5)30(34(8,42-11)19-23(3)20-38(26)13-2)45-31-28(39)27(35(9)10)18-24(4)44-31/h23-28,30-31,39H,12-22H2,1-11H3/t23-,24-,25+,26?,27+,28-,30-,31+,34-/m1/s1. The van der Waals surface area contributed by atoms with Crippen molar-refractivity contribution in [1.29, 1.82) is 0 Å². The molecule has 0 aromatic carbocycles. The van der Waals surface area contributed by atoms with Crippen LogP contribution in [0.5, 0.6) is 0 Å². The minimum atomic E-state index is -1.41. The Hall–Kier alpha value is -1.18. The number of hydrogen-bond donors (Lipinski definition) is 1. The molecule has 3 heterocycles. The number of ether oxygens (including phenoxy) is 4. The molecule has 11 nitrogen and oxygen atoms in total. The summed E-state index contributed by atoms with van der Waals surface area (Å²) < 4.78 is 25.1. The zero-order valence-corrected chi connectivity index (χ0v) is 30.1. The quantitative estimate of drug-likeness (QED) is 0.312. The Kier molecular flexibility index (Phi) is 13.8. The monoisotopic (exact) mass is 640 g/mol. The van der Waals surface area contributed by atoms with Crippen LogP contribution in [-0.4, -0.2) is 159 Å². The van der Waals surface area contributed by atoms with Gasteiger partial charge in [-0.05, 0) is 73.6 Å². The van der Waals surface area contributed by atoms with Crippen molar-refractivity contribution < 1.29 is 33.6 Å². The van der Waals surface area contributed by atoms with Crippen LogP contribution in [0.15, 0.2) is 0 Å². The molecule has 0 bridgehead atoms. The molecule has 0 saturated carbocycles. The molecule has 0 aromatic heterocycles. The van der Waals surface area contributed by atoms with E-state index in [1.807, 2.05) is 32.8 Å². The summed E-state index contributed by atoms with van der Waals surface area (Å²) in [7, 11) is 5.51. The van der Waals surface area contributed by atoms with E-state index < -0.39 is 41.4 Å². The van der Waals surface area contributed by atoms with Gasteiger partial charge in [-0.15, -0.1) is 0 Å². The van der Waals surface area contributed by atoms with E-state index in [1.54, 1.807) is 27.9 Å². The van der Waals surface area contributed by atoms with E-state index in [2.05, 4.69) is 35.5 Å². The summed E-state index contributed by atoms with van der Waals surface area (Å²) in [4.78, 5) is 37.2. The van der Waals surface area contributed by atoms with Crippen LogP contribution in [0.25, 0.3) is 0 Å². The van der Waals surface area contributed by atoms with Gasteiger partial charge in [0.15, 0.2) is 12.1 Å². The normalized spacial score (nSPS) is 38.8. The number of hydrogen-bond acceptors (Lipinski definition) is 11. The van der Waals surface area contributed by atoms with Gasteiger partial charge in [-0.1, -0.05) is 27.7 Å². The van der Waals surface area contributed by atoms with Crippen LogP contribution in [0, 0.1) is 17.3 Å². The minimum Gasteiger partial charge on any atom is -0.463 e. The zero-order valence-electron chi connectivity index (χ0n) is 30.1. The third-order valence-corrected chi connectivity index (χ3v) is 10.6. The second-order valence-corrected chi connectivity index (χ2v) is 14.8. The predicted molar refractivity (Wildman–Crippen MR) is 175 cm³/mol. The molecule has 0 radical (unpaired) electrons. The summed E-state index contributed by atoms with van der Waals surface area (Å²) in [5.74, 6) is -1.39. The van der Waals surface area contributed by atoms with Crippen molar-refractivity contribution in [3.63, 3.8) is 0 Å². The van der Waals surface area contributed by atoms with Crippen molar-refractivity contribution in [3.8, 4) is 0 Å². The fourth-order valence-corrected chi connectivity index (χ4v) is 7.62. The number of Topliss-reactive ketones (excluding diaryl/α,β-unsaturated/α-hetero) is 1. The zero-order chi connectivity index (χ0) is 33.7. The number of piperazine rings is 1. The molecule has 3 fully saturated rings. The number of aliphatic hydroxyl groups excluding tert-OH is 1. The highest BCUT2D eigenvalue weighted by atomic mass is 16.7. The highest BCUT2D eigenvalue weighted by Crippen LogP contribution is 2.38. The molecule has 11 heteroatoms. The second kappa shape index (κ2) is 16.3. The van der Waals surface area contributed by atoms with Crippen molar-refractivity contribution in [1.82, 2.24) is 19.6 Å². The smallest absolute Gasteiger partial charge is 0.319 e. The summed E-state index contributed by atoms with van der Waals surface area (Å²) >= 11 is 0. The third kappa shape index (κ3) is 9.25. The predicted octanol–water partition coefficient (Wildman–Crippen LogP) is 2.35. The van der Waals surface area contributed by atoms with E-state index in [0.29, 0.717) is 12.8 Å². The Morgan fingerprint density at radius 1 is 1.00 bits per heavy atom. The number of likely N-dealkylation sites (N-methyl/N-ethyl adjacent to an activating group) is 3. The highest BCUT2D eigenvalue weighted by Gasteiger charge is 2.51. The Morgan fingerprint density at radius 3 is 2.18 bits per heavy atom. The molecule has 0 spiro atoms. The molecular formula is C34H64N4O7. The van der Waals surface area contributed by atoms with Crippen LogP contribution >= 0.6 is 0 Å². The van der Waals surface area contributed by atoms with Crippen molar-refractivity contribution in [3.05, 3.63) is 0 Å². The largest absolute Gasteiger partial charge is 0.463 e. The van der Waals surface area contributed by atoms with Crippen molar-refractivity contribution in [2.24, 2.45) is 17.3 Å². The molecule has 3 rings (SSSR count). The van der Waals surface area contributed by atoms with Gasteiger partial charge in [0, 0.05) is 58.3 Å². The van der Waals surface area contributed by atoms with Crippen LogP contribution in [-0.2, 0) is 28.5 Å². The van der Waals surface area contributed by atoms with Gasteiger partial charge in [0.2, 0.25) is 0 Å². The molecule has 3 saturated heterocycles. The van der Waals surface area contributed by atoms with E-state index in [-0.39, 0.29) is 36.5 Å². The summed E-state index contributed by atoms with van der Waals surface area (Å²) in [5, 5.41) is 11.3. The van der Waals surface area contributed by atoms with Crippen LogP contribution in [0.2, 0.25) is 0 Å². The number of carbonyl (C=O) groups is 2. The van der Waals surface area contributed by atoms with Gasteiger partial charge >= 0.3 is 5.97 Å². The Balaban J connectivity index is 1.96. The number of methoxy groups -OCH3 is 1. The number of esters is 1. The minimum absolute atomic E-state index is 0.00487. The number of nitrogens with zero attached hydrogens (tertiary/aromatic N) is 4. The van der Waals surface area contributed by atoms with Crippen molar-refractivity contribution in [2.75, 3.05) is 80.2 Å². The molecule has 0 amide bonds.